The second-order valence-corrected chi connectivity index (χ2v) is 5.83. The van der Waals surface area contributed by atoms with Crippen LogP contribution in [0.1, 0.15) is 30.9 Å². The van der Waals surface area contributed by atoms with Crippen LogP contribution in [0.15, 0.2) is 24.3 Å². The van der Waals surface area contributed by atoms with Gasteiger partial charge in [0.25, 0.3) is 0 Å². The quantitative estimate of drug-likeness (QED) is 0.867. The van der Waals surface area contributed by atoms with E-state index < -0.39 is 0 Å². The van der Waals surface area contributed by atoms with Crippen LogP contribution in [-0.4, -0.2) is 10.2 Å². The van der Waals surface area contributed by atoms with Crippen molar-refractivity contribution in [1.29, 1.82) is 0 Å². The van der Waals surface area contributed by atoms with Crippen LogP contribution in [0.4, 0.5) is 10.2 Å². The van der Waals surface area contributed by atoms with Crippen molar-refractivity contribution >= 4 is 5.82 Å². The van der Waals surface area contributed by atoms with Gasteiger partial charge in [-0.2, -0.15) is 5.10 Å². The summed E-state index contributed by atoms with van der Waals surface area (Å²) in [4.78, 5) is 0. The summed E-state index contributed by atoms with van der Waals surface area (Å²) in [5, 5.41) is 7.26. The van der Waals surface area contributed by atoms with Crippen molar-refractivity contribution in [2.24, 2.45) is 11.8 Å². The number of hydrogen-bond donors (Lipinski definition) is 2. The minimum Gasteiger partial charge on any atom is -0.382 e. The Morgan fingerprint density at radius 3 is 2.47 bits per heavy atom. The average molecular weight is 257 g/mol. The predicted octanol–water partition coefficient (Wildman–Crippen LogP) is 3.31. The third-order valence-electron chi connectivity index (χ3n) is 4.61. The summed E-state index contributed by atoms with van der Waals surface area (Å²) >= 11 is 0. The van der Waals surface area contributed by atoms with Gasteiger partial charge in [0.15, 0.2) is 5.82 Å². The summed E-state index contributed by atoms with van der Waals surface area (Å²) in [7, 11) is 0. The Morgan fingerprint density at radius 2 is 1.79 bits per heavy atom. The van der Waals surface area contributed by atoms with Crippen molar-refractivity contribution in [2.45, 2.75) is 25.2 Å². The third kappa shape index (κ3) is 1.74. The molecule has 0 spiro atoms. The van der Waals surface area contributed by atoms with Gasteiger partial charge in [-0.05, 0) is 48.8 Å². The zero-order chi connectivity index (χ0) is 13.0. The molecule has 1 aromatic carbocycles. The molecular formula is C15H16FN3. The van der Waals surface area contributed by atoms with Crippen molar-refractivity contribution in [1.82, 2.24) is 10.2 Å². The normalized spacial score (nSPS) is 28.4. The van der Waals surface area contributed by atoms with Crippen molar-refractivity contribution < 1.29 is 4.39 Å². The van der Waals surface area contributed by atoms with Crippen molar-refractivity contribution in [3.8, 4) is 11.1 Å². The number of hydrogen-bond acceptors (Lipinski definition) is 2. The minimum atomic E-state index is -0.227. The summed E-state index contributed by atoms with van der Waals surface area (Å²) < 4.78 is 13.0. The van der Waals surface area contributed by atoms with Crippen LogP contribution in [0, 0.1) is 17.7 Å². The third-order valence-corrected chi connectivity index (χ3v) is 4.61. The Morgan fingerprint density at radius 1 is 1.11 bits per heavy atom. The van der Waals surface area contributed by atoms with Crippen LogP contribution in [0.3, 0.4) is 0 Å². The first-order valence-electron chi connectivity index (χ1n) is 6.82. The maximum atomic E-state index is 13.0. The molecule has 2 aliphatic rings. The van der Waals surface area contributed by atoms with Crippen LogP contribution < -0.4 is 5.73 Å². The highest BCUT2D eigenvalue weighted by Gasteiger charge is 2.47. The second kappa shape index (κ2) is 3.83. The number of aromatic amines is 1. The van der Waals surface area contributed by atoms with Gasteiger partial charge < -0.3 is 5.73 Å². The summed E-state index contributed by atoms with van der Waals surface area (Å²) in [6, 6.07) is 6.49. The first kappa shape index (κ1) is 11.0. The molecule has 0 amide bonds. The largest absolute Gasteiger partial charge is 0.382 e. The Balaban J connectivity index is 1.74. The fourth-order valence-electron chi connectivity index (χ4n) is 3.54. The number of halogens is 1. The van der Waals surface area contributed by atoms with E-state index in [2.05, 4.69) is 10.2 Å². The molecule has 2 atom stereocenters. The lowest BCUT2D eigenvalue weighted by atomic mass is 9.93. The number of H-pyrrole nitrogens is 1. The standard InChI is InChI=1S/C15H16FN3/c16-12-3-1-8(2-4-12)13-14(18-19-15(13)17)11-6-9-5-10(9)7-11/h1-4,9-11H,5-7H2,(H3,17,18,19). The molecule has 4 rings (SSSR count). The molecule has 0 radical (unpaired) electrons. The van der Waals surface area contributed by atoms with E-state index in [1.165, 1.54) is 31.4 Å². The molecular weight excluding hydrogens is 241 g/mol. The monoisotopic (exact) mass is 257 g/mol. The van der Waals surface area contributed by atoms with E-state index in [0.717, 1.165) is 28.7 Å². The molecule has 2 fully saturated rings. The highest BCUT2D eigenvalue weighted by molar-refractivity contribution is 5.76. The molecule has 2 aromatic rings. The van der Waals surface area contributed by atoms with Crippen LogP contribution in [0.2, 0.25) is 0 Å². The lowest BCUT2D eigenvalue weighted by Gasteiger charge is -2.12. The minimum absolute atomic E-state index is 0.227. The summed E-state index contributed by atoms with van der Waals surface area (Å²) in [5.74, 6) is 2.65. The fourth-order valence-corrected chi connectivity index (χ4v) is 3.54. The average Bonchev–Trinajstić information content (AvgIpc) is 2.84. The van der Waals surface area contributed by atoms with E-state index in [1.54, 1.807) is 12.1 Å². The predicted molar refractivity (Wildman–Crippen MR) is 72.0 cm³/mol. The first-order valence-corrected chi connectivity index (χ1v) is 6.82. The van der Waals surface area contributed by atoms with Gasteiger partial charge in [-0.15, -0.1) is 0 Å². The van der Waals surface area contributed by atoms with Crippen LogP contribution in [0.5, 0.6) is 0 Å². The number of aromatic nitrogens is 2. The SMILES string of the molecule is Nc1n[nH]c(C2CC3CC3C2)c1-c1ccc(F)cc1. The number of anilines is 1. The zero-order valence-corrected chi connectivity index (χ0v) is 10.6. The maximum absolute atomic E-state index is 13.0. The number of nitrogens with two attached hydrogens (primary N) is 1. The van der Waals surface area contributed by atoms with E-state index in [9.17, 15) is 4.39 Å². The summed E-state index contributed by atoms with van der Waals surface area (Å²) in [6.07, 6.45) is 3.87. The molecule has 3 nitrogen and oxygen atoms in total. The molecule has 0 saturated heterocycles. The Labute approximate surface area is 111 Å². The molecule has 3 N–H and O–H groups in total. The van der Waals surface area contributed by atoms with E-state index in [4.69, 9.17) is 5.73 Å². The van der Waals surface area contributed by atoms with E-state index >= 15 is 0 Å². The molecule has 19 heavy (non-hydrogen) atoms. The van der Waals surface area contributed by atoms with Crippen LogP contribution >= 0.6 is 0 Å². The van der Waals surface area contributed by atoms with Gasteiger partial charge in [0, 0.05) is 17.2 Å². The van der Waals surface area contributed by atoms with Gasteiger partial charge in [0.1, 0.15) is 5.82 Å². The lowest BCUT2D eigenvalue weighted by Crippen LogP contribution is -1.99. The molecule has 0 aliphatic heterocycles. The lowest BCUT2D eigenvalue weighted by molar-refractivity contribution is 0.607. The first-order chi connectivity index (χ1) is 9.22. The number of nitrogens with one attached hydrogen (secondary N) is 1. The summed E-state index contributed by atoms with van der Waals surface area (Å²) in [5.41, 5.74) is 9.04. The number of nitrogens with zero attached hydrogens (tertiary/aromatic N) is 1. The molecule has 1 aromatic heterocycles. The summed E-state index contributed by atoms with van der Waals surface area (Å²) in [6.45, 7) is 0. The van der Waals surface area contributed by atoms with Gasteiger partial charge in [-0.25, -0.2) is 4.39 Å². The van der Waals surface area contributed by atoms with Gasteiger partial charge in [0.2, 0.25) is 0 Å². The fraction of sp³-hybridized carbons (Fsp3) is 0.400. The van der Waals surface area contributed by atoms with Gasteiger partial charge in [-0.1, -0.05) is 12.1 Å². The molecule has 0 bridgehead atoms. The number of nitrogen functional groups attached to an aromatic ring is 1. The second-order valence-electron chi connectivity index (χ2n) is 5.83. The number of fused-ring (bicyclic) bond motifs is 1. The highest BCUT2D eigenvalue weighted by atomic mass is 19.1. The van der Waals surface area contributed by atoms with E-state index in [1.807, 2.05) is 0 Å². The molecule has 2 saturated carbocycles. The highest BCUT2D eigenvalue weighted by Crippen LogP contribution is 2.58. The Hall–Kier alpha value is -1.84. The molecule has 98 valence electrons. The van der Waals surface area contributed by atoms with Gasteiger partial charge in [-0.3, -0.25) is 5.10 Å². The maximum Gasteiger partial charge on any atom is 0.153 e. The van der Waals surface area contributed by atoms with Crippen molar-refractivity contribution in [3.63, 3.8) is 0 Å². The molecule has 2 aliphatic carbocycles. The van der Waals surface area contributed by atoms with Crippen molar-refractivity contribution in [3.05, 3.63) is 35.8 Å². The van der Waals surface area contributed by atoms with Crippen LogP contribution in [0.25, 0.3) is 11.1 Å². The topological polar surface area (TPSA) is 54.7 Å². The molecule has 2 unspecified atom stereocenters. The van der Waals surface area contributed by atoms with Crippen LogP contribution in [-0.2, 0) is 0 Å². The van der Waals surface area contributed by atoms with E-state index in [-0.39, 0.29) is 5.82 Å². The Bertz CT molecular complexity index is 607. The molecule has 4 heteroatoms. The number of rotatable bonds is 2. The van der Waals surface area contributed by atoms with Crippen molar-refractivity contribution in [2.75, 3.05) is 5.73 Å². The smallest absolute Gasteiger partial charge is 0.153 e. The molecule has 1 heterocycles. The number of benzene rings is 1. The Kier molecular flexibility index (Phi) is 2.22. The zero-order valence-electron chi connectivity index (χ0n) is 10.6. The van der Waals surface area contributed by atoms with Gasteiger partial charge in [0.05, 0.1) is 0 Å². The van der Waals surface area contributed by atoms with Gasteiger partial charge >= 0.3 is 0 Å². The van der Waals surface area contributed by atoms with E-state index in [0.29, 0.717) is 11.7 Å².